The largest absolute Gasteiger partial charge is 0.464 e. The Hall–Kier alpha value is -2.02. The van der Waals surface area contributed by atoms with Crippen LogP contribution in [0, 0.1) is 0 Å². The summed E-state index contributed by atoms with van der Waals surface area (Å²) >= 11 is 1.30. The van der Waals surface area contributed by atoms with Crippen LogP contribution in [0.4, 0.5) is 0 Å². The topological polar surface area (TPSA) is 75.7 Å². The lowest BCUT2D eigenvalue weighted by molar-refractivity contribution is -0.144. The van der Waals surface area contributed by atoms with Crippen molar-refractivity contribution in [3.05, 3.63) is 33.9 Å². The van der Waals surface area contributed by atoms with Crippen LogP contribution < -0.4 is 5.32 Å². The van der Waals surface area contributed by atoms with Crippen molar-refractivity contribution in [2.45, 2.75) is 26.3 Å². The summed E-state index contributed by atoms with van der Waals surface area (Å²) in [6, 6.07) is -0.0757. The Labute approximate surface area is 126 Å². The molecule has 0 unspecified atom stereocenters. The maximum atomic E-state index is 12.0. The van der Waals surface area contributed by atoms with Crippen LogP contribution in [-0.2, 0) is 19.1 Å². The normalized spacial score (nSPS) is 22.6. The molecular weight excluding hydrogens is 292 g/mol. The standard InChI is InChI=1S/C14H16N2O4S/c1-4-9-10-7-11(21-6-5-15-8(2)17)12(14(19)20-3)16(10)13(9)18/h4-6,10H,7H2,1-3H3,(H,15,17)/b6-5+,9-4+/t10-/m1/s1. The molecule has 1 saturated heterocycles. The number of thioether (sulfide) groups is 1. The maximum absolute atomic E-state index is 12.0. The molecular formula is C14H16N2O4S. The molecule has 0 aromatic rings. The van der Waals surface area contributed by atoms with Crippen LogP contribution in [-0.4, -0.2) is 35.8 Å². The van der Waals surface area contributed by atoms with Crippen molar-refractivity contribution in [3.63, 3.8) is 0 Å². The first-order chi connectivity index (χ1) is 10.0. The summed E-state index contributed by atoms with van der Waals surface area (Å²) in [5, 5.41) is 4.20. The van der Waals surface area contributed by atoms with Crippen molar-refractivity contribution < 1.29 is 19.1 Å². The SMILES string of the molecule is C/C=C1/C(=O)N2C(C(=O)OC)=C(S/C=C/NC(C)=O)C[C@H]12. The number of nitrogens with one attached hydrogen (secondary N) is 1. The van der Waals surface area contributed by atoms with Crippen LogP contribution in [0.1, 0.15) is 20.3 Å². The summed E-state index contributed by atoms with van der Waals surface area (Å²) in [6.45, 7) is 3.22. The number of amides is 2. The maximum Gasteiger partial charge on any atom is 0.355 e. The second kappa shape index (κ2) is 6.17. The first-order valence-corrected chi connectivity index (χ1v) is 7.29. The Kier molecular flexibility index (Phi) is 4.52. The molecule has 1 fully saturated rings. The molecule has 2 aliphatic heterocycles. The number of ether oxygens (including phenoxy) is 1. The zero-order chi connectivity index (χ0) is 15.6. The minimum Gasteiger partial charge on any atom is -0.464 e. The summed E-state index contributed by atoms with van der Waals surface area (Å²) in [4.78, 5) is 36.9. The van der Waals surface area contributed by atoms with Crippen molar-refractivity contribution in [2.75, 3.05) is 7.11 Å². The number of carbonyl (C=O) groups is 3. The molecule has 6 nitrogen and oxygen atoms in total. The third-order valence-corrected chi connectivity index (χ3v) is 4.19. The van der Waals surface area contributed by atoms with E-state index >= 15 is 0 Å². The van der Waals surface area contributed by atoms with Gasteiger partial charge in [0.25, 0.3) is 5.91 Å². The number of fused-ring (bicyclic) bond motifs is 1. The van der Waals surface area contributed by atoms with Gasteiger partial charge in [-0.15, -0.1) is 0 Å². The number of allylic oxidation sites excluding steroid dienone is 1. The third-order valence-electron chi connectivity index (χ3n) is 3.27. The van der Waals surface area contributed by atoms with Gasteiger partial charge in [0.15, 0.2) is 0 Å². The van der Waals surface area contributed by atoms with Crippen molar-refractivity contribution in [1.29, 1.82) is 0 Å². The molecule has 2 aliphatic rings. The van der Waals surface area contributed by atoms with Gasteiger partial charge in [0, 0.05) is 30.0 Å². The van der Waals surface area contributed by atoms with E-state index in [0.29, 0.717) is 12.1 Å². The van der Waals surface area contributed by atoms with E-state index in [1.165, 1.54) is 36.9 Å². The molecule has 0 aromatic carbocycles. The van der Waals surface area contributed by atoms with E-state index in [-0.39, 0.29) is 17.9 Å². The van der Waals surface area contributed by atoms with Gasteiger partial charge in [0.1, 0.15) is 5.70 Å². The summed E-state index contributed by atoms with van der Waals surface area (Å²) in [7, 11) is 1.29. The smallest absolute Gasteiger partial charge is 0.355 e. The molecule has 1 N–H and O–H groups in total. The number of hydrogen-bond acceptors (Lipinski definition) is 5. The Morgan fingerprint density at radius 2 is 2.19 bits per heavy atom. The summed E-state index contributed by atoms with van der Waals surface area (Å²) in [6.07, 6.45) is 3.87. The van der Waals surface area contributed by atoms with Gasteiger partial charge in [0.2, 0.25) is 5.91 Å². The van der Waals surface area contributed by atoms with Gasteiger partial charge in [0.05, 0.1) is 13.2 Å². The number of β-lactam (4-membered cyclic amide) rings is 1. The Morgan fingerprint density at radius 3 is 2.76 bits per heavy atom. The second-order valence-corrected chi connectivity index (χ2v) is 5.52. The quantitative estimate of drug-likeness (QED) is 0.481. The molecule has 2 amide bonds. The zero-order valence-corrected chi connectivity index (χ0v) is 12.8. The molecule has 21 heavy (non-hydrogen) atoms. The van der Waals surface area contributed by atoms with Crippen LogP contribution in [0.3, 0.4) is 0 Å². The highest BCUT2D eigenvalue weighted by molar-refractivity contribution is 8.05. The van der Waals surface area contributed by atoms with Crippen molar-refractivity contribution in [1.82, 2.24) is 10.2 Å². The predicted molar refractivity (Wildman–Crippen MR) is 78.6 cm³/mol. The second-order valence-electron chi connectivity index (χ2n) is 4.52. The van der Waals surface area contributed by atoms with E-state index in [1.807, 2.05) is 6.92 Å². The zero-order valence-electron chi connectivity index (χ0n) is 12.0. The van der Waals surface area contributed by atoms with Crippen LogP contribution in [0.15, 0.2) is 33.9 Å². The molecule has 0 radical (unpaired) electrons. The van der Waals surface area contributed by atoms with Crippen molar-refractivity contribution in [3.8, 4) is 0 Å². The van der Waals surface area contributed by atoms with E-state index in [4.69, 9.17) is 4.74 Å². The monoisotopic (exact) mass is 308 g/mol. The fourth-order valence-electron chi connectivity index (χ4n) is 2.36. The fourth-order valence-corrected chi connectivity index (χ4v) is 3.21. The third kappa shape index (κ3) is 2.73. The van der Waals surface area contributed by atoms with E-state index in [9.17, 15) is 14.4 Å². The van der Waals surface area contributed by atoms with E-state index in [2.05, 4.69) is 5.32 Å². The van der Waals surface area contributed by atoms with Crippen molar-refractivity contribution >= 4 is 29.5 Å². The van der Waals surface area contributed by atoms with Gasteiger partial charge in [-0.1, -0.05) is 17.8 Å². The molecule has 0 spiro atoms. The lowest BCUT2D eigenvalue weighted by atomic mass is 9.94. The molecule has 2 rings (SSSR count). The Morgan fingerprint density at radius 1 is 1.48 bits per heavy atom. The Bertz CT molecular complexity index is 592. The average molecular weight is 308 g/mol. The number of rotatable bonds is 4. The molecule has 0 bridgehead atoms. The lowest BCUT2D eigenvalue weighted by Crippen LogP contribution is -2.52. The number of carbonyl (C=O) groups excluding carboxylic acids is 3. The van der Waals surface area contributed by atoms with Gasteiger partial charge in [-0.3, -0.25) is 14.5 Å². The Balaban J connectivity index is 2.19. The van der Waals surface area contributed by atoms with Gasteiger partial charge in [-0.2, -0.15) is 0 Å². The van der Waals surface area contributed by atoms with Gasteiger partial charge in [-0.25, -0.2) is 4.79 Å². The highest BCUT2D eigenvalue weighted by atomic mass is 32.2. The molecule has 0 saturated carbocycles. The van der Waals surface area contributed by atoms with Crippen LogP contribution >= 0.6 is 11.8 Å². The van der Waals surface area contributed by atoms with Gasteiger partial charge in [-0.05, 0) is 12.3 Å². The number of nitrogens with zero attached hydrogens (tertiary/aromatic N) is 1. The van der Waals surface area contributed by atoms with Crippen LogP contribution in [0.5, 0.6) is 0 Å². The van der Waals surface area contributed by atoms with Crippen molar-refractivity contribution in [2.24, 2.45) is 0 Å². The highest BCUT2D eigenvalue weighted by Gasteiger charge is 2.51. The lowest BCUT2D eigenvalue weighted by Gasteiger charge is -2.38. The molecule has 0 aromatic heterocycles. The fraction of sp³-hybridized carbons (Fsp3) is 0.357. The highest BCUT2D eigenvalue weighted by Crippen LogP contribution is 2.46. The number of esters is 1. The molecule has 112 valence electrons. The minimum atomic E-state index is -0.517. The summed E-state index contributed by atoms with van der Waals surface area (Å²) in [5.41, 5.74) is 1.02. The van der Waals surface area contributed by atoms with Crippen LogP contribution in [0.2, 0.25) is 0 Å². The van der Waals surface area contributed by atoms with Crippen LogP contribution in [0.25, 0.3) is 0 Å². The predicted octanol–water partition coefficient (Wildman–Crippen LogP) is 1.27. The minimum absolute atomic E-state index is 0.0757. The first kappa shape index (κ1) is 15.4. The number of hydrogen-bond donors (Lipinski definition) is 1. The summed E-state index contributed by atoms with van der Waals surface area (Å²) in [5.74, 6) is -0.837. The molecule has 7 heteroatoms. The average Bonchev–Trinajstić information content (AvgIpc) is 2.78. The molecule has 1 atom stereocenters. The summed E-state index contributed by atoms with van der Waals surface area (Å²) < 4.78 is 4.76. The van der Waals surface area contributed by atoms with E-state index in [0.717, 1.165) is 10.5 Å². The molecule has 2 heterocycles. The van der Waals surface area contributed by atoms with E-state index in [1.54, 1.807) is 11.5 Å². The van der Waals surface area contributed by atoms with E-state index < -0.39 is 5.97 Å². The molecule has 0 aliphatic carbocycles. The van der Waals surface area contributed by atoms with Gasteiger partial charge < -0.3 is 10.1 Å². The van der Waals surface area contributed by atoms with Gasteiger partial charge >= 0.3 is 5.97 Å². The number of methoxy groups -OCH3 is 1. The first-order valence-electron chi connectivity index (χ1n) is 6.41.